The molecule has 1 N–H and O–H groups in total. The average molecular weight is 303 g/mol. The molecule has 7 heteroatoms. The van der Waals surface area contributed by atoms with Gasteiger partial charge < -0.3 is 15.1 Å². The first-order chi connectivity index (χ1) is 9.35. The van der Waals surface area contributed by atoms with Gasteiger partial charge >= 0.3 is 0 Å². The van der Waals surface area contributed by atoms with Gasteiger partial charge in [0.15, 0.2) is 9.84 Å². The summed E-state index contributed by atoms with van der Waals surface area (Å²) in [5.74, 6) is 0.840. The van der Waals surface area contributed by atoms with E-state index in [-0.39, 0.29) is 29.9 Å². The van der Waals surface area contributed by atoms with Crippen molar-refractivity contribution in [1.82, 2.24) is 15.1 Å². The first-order valence-electron chi connectivity index (χ1n) is 7.22. The van der Waals surface area contributed by atoms with Gasteiger partial charge in [0.1, 0.15) is 0 Å². The van der Waals surface area contributed by atoms with E-state index in [4.69, 9.17) is 0 Å². The van der Waals surface area contributed by atoms with Gasteiger partial charge in [-0.1, -0.05) is 0 Å². The van der Waals surface area contributed by atoms with E-state index >= 15 is 0 Å². The van der Waals surface area contributed by atoms with Crippen molar-refractivity contribution in [2.45, 2.75) is 18.9 Å². The summed E-state index contributed by atoms with van der Waals surface area (Å²) in [4.78, 5) is 16.2. The van der Waals surface area contributed by atoms with Gasteiger partial charge in [0.05, 0.1) is 11.5 Å². The summed E-state index contributed by atoms with van der Waals surface area (Å²) < 4.78 is 23.1. The van der Waals surface area contributed by atoms with Gasteiger partial charge in [0.2, 0.25) is 5.91 Å². The number of amides is 1. The molecule has 20 heavy (non-hydrogen) atoms. The van der Waals surface area contributed by atoms with Gasteiger partial charge in [-0.3, -0.25) is 4.79 Å². The minimum absolute atomic E-state index is 0.0363. The third-order valence-corrected chi connectivity index (χ3v) is 5.91. The number of carbonyl (C=O) groups is 1. The molecule has 6 nitrogen and oxygen atoms in total. The van der Waals surface area contributed by atoms with Crippen LogP contribution in [0.5, 0.6) is 0 Å². The van der Waals surface area contributed by atoms with Crippen molar-refractivity contribution >= 4 is 15.7 Å². The molecule has 0 aromatic carbocycles. The molecule has 116 valence electrons. The number of carbonyl (C=O) groups excluding carboxylic acids is 1. The molecular weight excluding hydrogens is 278 g/mol. The molecule has 1 amide bonds. The number of hydrogen-bond donors (Lipinski definition) is 1. The van der Waals surface area contributed by atoms with Gasteiger partial charge in [-0.15, -0.1) is 0 Å². The van der Waals surface area contributed by atoms with E-state index in [1.54, 1.807) is 4.90 Å². The third-order valence-electron chi connectivity index (χ3n) is 4.17. The third kappa shape index (κ3) is 4.43. The molecule has 2 heterocycles. The Labute approximate surface area is 121 Å². The highest BCUT2D eigenvalue weighted by Gasteiger charge is 2.28. The molecular formula is C13H25N3O3S. The second-order valence-corrected chi connectivity index (χ2v) is 8.39. The molecule has 0 aliphatic carbocycles. The maximum atomic E-state index is 12.2. The maximum absolute atomic E-state index is 12.2. The molecule has 2 aliphatic rings. The van der Waals surface area contributed by atoms with Crippen LogP contribution in [0.1, 0.15) is 12.8 Å². The number of likely N-dealkylation sites (tertiary alicyclic amines) is 1. The highest BCUT2D eigenvalue weighted by molar-refractivity contribution is 7.91. The van der Waals surface area contributed by atoms with E-state index in [0.717, 1.165) is 26.1 Å². The number of rotatable bonds is 4. The highest BCUT2D eigenvalue weighted by atomic mass is 32.2. The Kier molecular flexibility index (Phi) is 5.04. The minimum atomic E-state index is -2.97. The Morgan fingerprint density at radius 2 is 2.20 bits per heavy atom. The summed E-state index contributed by atoms with van der Waals surface area (Å²) in [5.41, 5.74) is 0. The fourth-order valence-electron chi connectivity index (χ4n) is 3.03. The molecule has 0 aromatic heterocycles. The predicted molar refractivity (Wildman–Crippen MR) is 78.3 cm³/mol. The topological polar surface area (TPSA) is 69.7 Å². The van der Waals surface area contributed by atoms with Crippen molar-refractivity contribution < 1.29 is 13.2 Å². The van der Waals surface area contributed by atoms with Crippen LogP contribution in [0.2, 0.25) is 0 Å². The SMILES string of the molecule is CN1CCC(CN(C)C(=O)CC2CS(=O)(=O)CCN2)C1. The normalized spacial score (nSPS) is 30.3. The van der Waals surface area contributed by atoms with Gasteiger partial charge in [-0.05, 0) is 25.9 Å². The van der Waals surface area contributed by atoms with Crippen molar-refractivity contribution in [1.29, 1.82) is 0 Å². The molecule has 2 saturated heterocycles. The summed E-state index contributed by atoms with van der Waals surface area (Å²) in [6.45, 7) is 3.35. The summed E-state index contributed by atoms with van der Waals surface area (Å²) in [5, 5.41) is 3.13. The lowest BCUT2D eigenvalue weighted by molar-refractivity contribution is -0.130. The lowest BCUT2D eigenvalue weighted by Crippen LogP contribution is -2.47. The van der Waals surface area contributed by atoms with Gasteiger partial charge in [-0.2, -0.15) is 0 Å². The standard InChI is InChI=1S/C13H25N3O3S/c1-15-5-3-11(8-15)9-16(2)13(17)7-12-10-20(18,19)6-4-14-12/h11-12,14H,3-10H2,1-2H3. The van der Waals surface area contributed by atoms with Gasteiger partial charge in [0.25, 0.3) is 0 Å². The zero-order valence-electron chi connectivity index (χ0n) is 12.3. The van der Waals surface area contributed by atoms with Crippen LogP contribution in [0.15, 0.2) is 0 Å². The van der Waals surface area contributed by atoms with E-state index in [2.05, 4.69) is 17.3 Å². The molecule has 2 unspecified atom stereocenters. The predicted octanol–water partition coefficient (Wildman–Crippen LogP) is -0.827. The Bertz CT molecular complexity index is 452. The summed E-state index contributed by atoms with van der Waals surface area (Å²) in [7, 11) is 0.940. The minimum Gasteiger partial charge on any atom is -0.345 e. The van der Waals surface area contributed by atoms with Crippen LogP contribution < -0.4 is 5.32 Å². The monoisotopic (exact) mass is 303 g/mol. The lowest BCUT2D eigenvalue weighted by atomic mass is 10.1. The zero-order chi connectivity index (χ0) is 14.8. The van der Waals surface area contributed by atoms with Crippen LogP contribution in [0, 0.1) is 5.92 Å². The van der Waals surface area contributed by atoms with Crippen molar-refractivity contribution in [3.05, 3.63) is 0 Å². The van der Waals surface area contributed by atoms with Crippen LogP contribution in [0.25, 0.3) is 0 Å². The number of hydrogen-bond acceptors (Lipinski definition) is 5. The quantitative estimate of drug-likeness (QED) is 0.734. The molecule has 0 saturated carbocycles. The molecule has 0 aromatic rings. The lowest BCUT2D eigenvalue weighted by Gasteiger charge is -2.26. The average Bonchev–Trinajstić information content (AvgIpc) is 2.73. The van der Waals surface area contributed by atoms with Gasteiger partial charge in [0, 0.05) is 39.1 Å². The number of sulfone groups is 1. The second kappa shape index (κ2) is 6.41. The fraction of sp³-hybridized carbons (Fsp3) is 0.923. The first-order valence-corrected chi connectivity index (χ1v) is 9.04. The molecule has 2 rings (SSSR count). The van der Waals surface area contributed by atoms with Crippen molar-refractivity contribution in [3.63, 3.8) is 0 Å². The smallest absolute Gasteiger partial charge is 0.223 e. The first kappa shape index (κ1) is 15.7. The van der Waals surface area contributed by atoms with E-state index < -0.39 is 9.84 Å². The van der Waals surface area contributed by atoms with Gasteiger partial charge in [-0.25, -0.2) is 8.42 Å². The Morgan fingerprint density at radius 1 is 1.45 bits per heavy atom. The Balaban J connectivity index is 1.79. The zero-order valence-corrected chi connectivity index (χ0v) is 13.2. The van der Waals surface area contributed by atoms with E-state index in [0.29, 0.717) is 12.5 Å². The molecule has 0 bridgehead atoms. The van der Waals surface area contributed by atoms with E-state index in [9.17, 15) is 13.2 Å². The van der Waals surface area contributed by atoms with E-state index in [1.165, 1.54) is 0 Å². The molecule has 2 fully saturated rings. The Morgan fingerprint density at radius 3 is 2.80 bits per heavy atom. The Hall–Kier alpha value is -0.660. The number of nitrogens with zero attached hydrogens (tertiary/aromatic N) is 2. The molecule has 0 radical (unpaired) electrons. The van der Waals surface area contributed by atoms with Crippen LogP contribution >= 0.6 is 0 Å². The fourth-order valence-corrected chi connectivity index (χ4v) is 4.47. The van der Waals surface area contributed by atoms with Crippen LogP contribution in [0.3, 0.4) is 0 Å². The summed E-state index contributed by atoms with van der Waals surface area (Å²) in [6.07, 6.45) is 1.41. The van der Waals surface area contributed by atoms with Crippen LogP contribution in [0.4, 0.5) is 0 Å². The van der Waals surface area contributed by atoms with E-state index in [1.807, 2.05) is 7.05 Å². The highest BCUT2D eigenvalue weighted by Crippen LogP contribution is 2.16. The van der Waals surface area contributed by atoms with Crippen molar-refractivity contribution in [3.8, 4) is 0 Å². The van der Waals surface area contributed by atoms with Crippen LogP contribution in [-0.4, -0.2) is 81.9 Å². The molecule has 2 aliphatic heterocycles. The summed E-state index contributed by atoms with van der Waals surface area (Å²) >= 11 is 0. The molecule has 2 atom stereocenters. The molecule has 0 spiro atoms. The second-order valence-electron chi connectivity index (χ2n) is 6.16. The largest absolute Gasteiger partial charge is 0.345 e. The van der Waals surface area contributed by atoms with Crippen molar-refractivity contribution in [2.75, 3.05) is 51.8 Å². The number of nitrogens with one attached hydrogen (secondary N) is 1. The summed E-state index contributed by atoms with van der Waals surface area (Å²) in [6, 6.07) is -0.227. The van der Waals surface area contributed by atoms with Crippen molar-refractivity contribution in [2.24, 2.45) is 5.92 Å². The van der Waals surface area contributed by atoms with Crippen LogP contribution in [-0.2, 0) is 14.6 Å². The maximum Gasteiger partial charge on any atom is 0.223 e.